The van der Waals surface area contributed by atoms with Crippen LogP contribution in [0.2, 0.25) is 0 Å². The minimum atomic E-state index is -1.09. The van der Waals surface area contributed by atoms with Gasteiger partial charge in [0, 0.05) is 6.04 Å². The van der Waals surface area contributed by atoms with Gasteiger partial charge in [-0.2, -0.15) is 4.98 Å². The highest BCUT2D eigenvalue weighted by Crippen LogP contribution is 2.11. The zero-order valence-electron chi connectivity index (χ0n) is 9.96. The van der Waals surface area contributed by atoms with E-state index in [9.17, 15) is 4.79 Å². The van der Waals surface area contributed by atoms with Gasteiger partial charge in [0.05, 0.1) is 0 Å². The van der Waals surface area contributed by atoms with Crippen LogP contribution in [0.1, 0.15) is 23.0 Å². The van der Waals surface area contributed by atoms with Crippen LogP contribution >= 0.6 is 0 Å². The van der Waals surface area contributed by atoms with Gasteiger partial charge >= 0.3 is 5.97 Å². The Hall–Kier alpha value is -2.30. The highest BCUT2D eigenvalue weighted by molar-refractivity contribution is 5.85. The van der Waals surface area contributed by atoms with Crippen molar-refractivity contribution in [1.29, 1.82) is 0 Å². The molecule has 1 aromatic carbocycles. The molecular formula is C13H14N2O3. The van der Waals surface area contributed by atoms with Gasteiger partial charge in [-0.15, -0.1) is 0 Å². The number of anilines is 1. The maximum absolute atomic E-state index is 10.6. The lowest BCUT2D eigenvalue weighted by Gasteiger charge is -2.11. The summed E-state index contributed by atoms with van der Waals surface area (Å²) in [5.41, 5.74) is 1.10. The molecule has 2 rings (SSSR count). The fourth-order valence-electron chi connectivity index (χ4n) is 1.67. The molecule has 2 N–H and O–H groups in total. The Bertz CT molecular complexity index is 522. The molecule has 0 radical (unpaired) electrons. The molecule has 2 aromatic rings. The summed E-state index contributed by atoms with van der Waals surface area (Å²) in [6, 6.07) is 10.3. The maximum Gasteiger partial charge on any atom is 0.357 e. The van der Waals surface area contributed by atoms with Gasteiger partial charge in [0.25, 0.3) is 6.01 Å². The Morgan fingerprint density at radius 2 is 2.17 bits per heavy atom. The van der Waals surface area contributed by atoms with Crippen molar-refractivity contribution in [3.8, 4) is 0 Å². The minimum Gasteiger partial charge on any atom is -0.476 e. The van der Waals surface area contributed by atoms with Gasteiger partial charge in [0.2, 0.25) is 0 Å². The summed E-state index contributed by atoms with van der Waals surface area (Å²) in [5, 5.41) is 11.7. The number of hydrogen-bond donors (Lipinski definition) is 2. The number of carboxylic acids is 1. The molecule has 0 aliphatic heterocycles. The SMILES string of the molecule is CC(Cc1ccccc1)Nc1nc(C(=O)O)co1. The Morgan fingerprint density at radius 3 is 2.78 bits per heavy atom. The van der Waals surface area contributed by atoms with Crippen molar-refractivity contribution in [3.05, 3.63) is 47.9 Å². The number of hydrogen-bond acceptors (Lipinski definition) is 4. The van der Waals surface area contributed by atoms with Crippen LogP contribution in [0.5, 0.6) is 0 Å². The molecule has 0 amide bonds. The van der Waals surface area contributed by atoms with Crippen LogP contribution in [0.25, 0.3) is 0 Å². The molecule has 0 bridgehead atoms. The van der Waals surface area contributed by atoms with Crippen molar-refractivity contribution in [2.45, 2.75) is 19.4 Å². The van der Waals surface area contributed by atoms with E-state index >= 15 is 0 Å². The van der Waals surface area contributed by atoms with E-state index in [-0.39, 0.29) is 17.8 Å². The first-order chi connectivity index (χ1) is 8.65. The van der Waals surface area contributed by atoms with Gasteiger partial charge in [-0.1, -0.05) is 30.3 Å². The zero-order chi connectivity index (χ0) is 13.0. The van der Waals surface area contributed by atoms with Crippen molar-refractivity contribution in [2.75, 3.05) is 5.32 Å². The first kappa shape index (κ1) is 12.2. The third kappa shape index (κ3) is 3.10. The summed E-state index contributed by atoms with van der Waals surface area (Å²) < 4.78 is 5.03. The molecular weight excluding hydrogens is 232 g/mol. The Balaban J connectivity index is 1.94. The van der Waals surface area contributed by atoms with E-state index in [1.807, 2.05) is 37.3 Å². The van der Waals surface area contributed by atoms with E-state index in [2.05, 4.69) is 10.3 Å². The highest BCUT2D eigenvalue weighted by atomic mass is 16.4. The predicted molar refractivity (Wildman–Crippen MR) is 66.7 cm³/mol. The average Bonchev–Trinajstić information content (AvgIpc) is 2.78. The van der Waals surface area contributed by atoms with Gasteiger partial charge in [-0.3, -0.25) is 0 Å². The first-order valence-electron chi connectivity index (χ1n) is 5.64. The van der Waals surface area contributed by atoms with Crippen LogP contribution in [-0.4, -0.2) is 22.1 Å². The van der Waals surface area contributed by atoms with Crippen molar-refractivity contribution >= 4 is 12.0 Å². The molecule has 0 spiro atoms. The molecule has 5 heteroatoms. The molecule has 0 saturated carbocycles. The van der Waals surface area contributed by atoms with E-state index in [4.69, 9.17) is 9.52 Å². The predicted octanol–water partition coefficient (Wildman–Crippen LogP) is 2.42. The summed E-state index contributed by atoms with van der Waals surface area (Å²) in [7, 11) is 0. The number of benzene rings is 1. The minimum absolute atomic E-state index is 0.0931. The number of carboxylic acid groups (broad SMARTS) is 1. The van der Waals surface area contributed by atoms with E-state index < -0.39 is 5.97 Å². The van der Waals surface area contributed by atoms with Crippen LogP contribution in [0.15, 0.2) is 41.0 Å². The van der Waals surface area contributed by atoms with Gasteiger partial charge in [0.1, 0.15) is 6.26 Å². The number of nitrogens with one attached hydrogen (secondary N) is 1. The summed E-state index contributed by atoms with van der Waals surface area (Å²) >= 11 is 0. The second kappa shape index (κ2) is 5.35. The standard InChI is InChI=1S/C13H14N2O3/c1-9(7-10-5-3-2-4-6-10)14-13-15-11(8-18-13)12(16)17/h2-6,8-9H,7H2,1H3,(H,14,15)(H,16,17). The summed E-state index contributed by atoms with van der Waals surface area (Å²) in [6.07, 6.45) is 1.94. The second-order valence-electron chi connectivity index (χ2n) is 4.08. The van der Waals surface area contributed by atoms with E-state index in [0.717, 1.165) is 12.7 Å². The monoisotopic (exact) mass is 246 g/mol. The summed E-state index contributed by atoms with van der Waals surface area (Å²) in [6.45, 7) is 1.98. The Kier molecular flexibility index (Phi) is 3.62. The molecule has 1 aromatic heterocycles. The lowest BCUT2D eigenvalue weighted by Crippen LogP contribution is -2.18. The number of carbonyl (C=O) groups is 1. The Morgan fingerprint density at radius 1 is 1.44 bits per heavy atom. The maximum atomic E-state index is 10.6. The molecule has 94 valence electrons. The molecule has 1 unspecified atom stereocenters. The zero-order valence-corrected chi connectivity index (χ0v) is 9.96. The normalized spacial score (nSPS) is 12.1. The van der Waals surface area contributed by atoms with Crippen LogP contribution in [0, 0.1) is 0 Å². The van der Waals surface area contributed by atoms with E-state index in [1.165, 1.54) is 5.56 Å². The van der Waals surface area contributed by atoms with Crippen molar-refractivity contribution in [3.63, 3.8) is 0 Å². The summed E-state index contributed by atoms with van der Waals surface area (Å²) in [5.74, 6) is -1.09. The van der Waals surface area contributed by atoms with E-state index in [0.29, 0.717) is 0 Å². The van der Waals surface area contributed by atoms with Gasteiger partial charge in [-0.25, -0.2) is 4.79 Å². The third-order valence-corrected chi connectivity index (χ3v) is 2.48. The van der Waals surface area contributed by atoms with Crippen LogP contribution in [-0.2, 0) is 6.42 Å². The molecule has 1 atom stereocenters. The van der Waals surface area contributed by atoms with Crippen LogP contribution in [0.4, 0.5) is 6.01 Å². The van der Waals surface area contributed by atoms with Gasteiger partial charge in [0.15, 0.2) is 5.69 Å². The fraction of sp³-hybridized carbons (Fsp3) is 0.231. The van der Waals surface area contributed by atoms with Gasteiger partial charge < -0.3 is 14.8 Å². The van der Waals surface area contributed by atoms with Crippen molar-refractivity contribution in [2.24, 2.45) is 0 Å². The first-order valence-corrected chi connectivity index (χ1v) is 5.64. The van der Waals surface area contributed by atoms with Crippen LogP contribution in [0.3, 0.4) is 0 Å². The smallest absolute Gasteiger partial charge is 0.357 e. The van der Waals surface area contributed by atoms with Crippen LogP contribution < -0.4 is 5.32 Å². The molecule has 0 saturated heterocycles. The topological polar surface area (TPSA) is 75.4 Å². The van der Waals surface area contributed by atoms with E-state index in [1.54, 1.807) is 0 Å². The fourth-order valence-corrected chi connectivity index (χ4v) is 1.67. The lowest BCUT2D eigenvalue weighted by atomic mass is 10.1. The number of rotatable bonds is 5. The average molecular weight is 246 g/mol. The molecule has 1 heterocycles. The number of nitrogens with zero attached hydrogens (tertiary/aromatic N) is 1. The molecule has 0 fully saturated rings. The number of oxazole rings is 1. The lowest BCUT2D eigenvalue weighted by molar-refractivity contribution is 0.0690. The van der Waals surface area contributed by atoms with Gasteiger partial charge in [-0.05, 0) is 18.9 Å². The largest absolute Gasteiger partial charge is 0.476 e. The molecule has 0 aliphatic carbocycles. The highest BCUT2D eigenvalue weighted by Gasteiger charge is 2.12. The quantitative estimate of drug-likeness (QED) is 0.847. The van der Waals surface area contributed by atoms with Crippen molar-refractivity contribution in [1.82, 2.24) is 4.98 Å². The molecule has 18 heavy (non-hydrogen) atoms. The Labute approximate surface area is 104 Å². The number of aromatic nitrogens is 1. The number of aromatic carboxylic acids is 1. The molecule has 5 nitrogen and oxygen atoms in total. The second-order valence-corrected chi connectivity index (χ2v) is 4.08. The van der Waals surface area contributed by atoms with Crippen molar-refractivity contribution < 1.29 is 14.3 Å². The molecule has 0 aliphatic rings. The summed E-state index contributed by atoms with van der Waals surface area (Å²) in [4.78, 5) is 14.5. The third-order valence-electron chi connectivity index (χ3n) is 2.48.